The number of amides is 3. The standard InChI is InChI=1S/C31H40N6O4/c1-4-26-34-25(19-37(26)27(23-15-9-6-10-16-23)29(39)36-17-11-12-18-36)35-28(38)24(33-30(40)31(2,3)32)21-41-20-22-13-7-5-8-14-22/h5-10,13-16,19,24,27H,4,11-12,17-18,20-21,32H2,1-3H3,(H,33,40)(H,35,38)/t24-,27?/m1/s1. The van der Waals surface area contributed by atoms with Gasteiger partial charge >= 0.3 is 0 Å². The molecule has 1 aliphatic rings. The number of likely N-dealkylation sites (tertiary alicyclic amines) is 1. The summed E-state index contributed by atoms with van der Waals surface area (Å²) >= 11 is 0. The van der Waals surface area contributed by atoms with E-state index < -0.39 is 29.4 Å². The number of carbonyl (C=O) groups is 3. The van der Waals surface area contributed by atoms with Gasteiger partial charge in [-0.05, 0) is 37.8 Å². The highest BCUT2D eigenvalue weighted by molar-refractivity contribution is 5.98. The summed E-state index contributed by atoms with van der Waals surface area (Å²) in [5, 5.41) is 5.53. The van der Waals surface area contributed by atoms with E-state index in [1.165, 1.54) is 0 Å². The van der Waals surface area contributed by atoms with Crippen molar-refractivity contribution in [3.63, 3.8) is 0 Å². The van der Waals surface area contributed by atoms with Gasteiger partial charge in [-0.25, -0.2) is 4.98 Å². The molecule has 3 aromatic rings. The number of aromatic nitrogens is 2. The zero-order valence-corrected chi connectivity index (χ0v) is 24.0. The summed E-state index contributed by atoms with van der Waals surface area (Å²) in [6.45, 7) is 6.75. The number of hydrogen-bond donors (Lipinski definition) is 3. The van der Waals surface area contributed by atoms with E-state index in [4.69, 9.17) is 10.5 Å². The number of nitrogens with two attached hydrogens (primary N) is 1. The number of anilines is 1. The minimum atomic E-state index is -1.19. The number of nitrogens with one attached hydrogen (secondary N) is 2. The zero-order chi connectivity index (χ0) is 29.4. The summed E-state index contributed by atoms with van der Waals surface area (Å²) in [6.07, 6.45) is 4.21. The van der Waals surface area contributed by atoms with Crippen LogP contribution >= 0.6 is 0 Å². The van der Waals surface area contributed by atoms with E-state index in [1.807, 2.05) is 77.1 Å². The number of hydrogen-bond acceptors (Lipinski definition) is 6. The second-order valence-corrected chi connectivity index (χ2v) is 10.9. The summed E-state index contributed by atoms with van der Waals surface area (Å²) < 4.78 is 7.64. The van der Waals surface area contributed by atoms with E-state index in [0.717, 1.165) is 37.1 Å². The number of imidazole rings is 1. The summed E-state index contributed by atoms with van der Waals surface area (Å²) in [5.74, 6) is -0.0310. The maximum Gasteiger partial charge on any atom is 0.250 e. The molecule has 1 aromatic heterocycles. The number of ether oxygens (including phenoxy) is 1. The van der Waals surface area contributed by atoms with E-state index >= 15 is 0 Å². The maximum atomic E-state index is 13.7. The van der Waals surface area contributed by atoms with Crippen molar-refractivity contribution in [3.8, 4) is 0 Å². The molecule has 1 saturated heterocycles. The lowest BCUT2D eigenvalue weighted by Gasteiger charge is -2.25. The number of carbonyl (C=O) groups excluding carboxylic acids is 3. The first-order chi connectivity index (χ1) is 19.7. The van der Waals surface area contributed by atoms with Crippen molar-refractivity contribution in [2.75, 3.05) is 25.0 Å². The third-order valence-electron chi connectivity index (χ3n) is 7.02. The van der Waals surface area contributed by atoms with E-state index in [9.17, 15) is 14.4 Å². The van der Waals surface area contributed by atoms with Crippen LogP contribution < -0.4 is 16.4 Å². The second-order valence-electron chi connectivity index (χ2n) is 10.9. The van der Waals surface area contributed by atoms with Gasteiger partial charge in [-0.2, -0.15) is 0 Å². The van der Waals surface area contributed by atoms with Crippen molar-refractivity contribution in [1.29, 1.82) is 0 Å². The Morgan fingerprint density at radius 2 is 1.66 bits per heavy atom. The Morgan fingerprint density at radius 1 is 1.02 bits per heavy atom. The Kier molecular flexibility index (Phi) is 9.91. The molecule has 0 spiro atoms. The van der Waals surface area contributed by atoms with Gasteiger partial charge in [0.2, 0.25) is 11.8 Å². The Bertz CT molecular complexity index is 1310. The van der Waals surface area contributed by atoms with Crippen molar-refractivity contribution in [3.05, 3.63) is 83.8 Å². The Hall–Kier alpha value is -4.02. The molecule has 4 N–H and O–H groups in total. The smallest absolute Gasteiger partial charge is 0.250 e. The van der Waals surface area contributed by atoms with Gasteiger partial charge in [-0.15, -0.1) is 0 Å². The van der Waals surface area contributed by atoms with Gasteiger partial charge in [0.15, 0.2) is 5.82 Å². The quantitative estimate of drug-likeness (QED) is 0.312. The fraction of sp³-hybridized carbons (Fsp3) is 0.419. The van der Waals surface area contributed by atoms with Crippen LogP contribution in [0.4, 0.5) is 5.82 Å². The normalized spacial score (nSPS) is 14.9. The number of nitrogens with zero attached hydrogens (tertiary/aromatic N) is 3. The number of aryl methyl sites for hydroxylation is 1. The summed E-state index contributed by atoms with van der Waals surface area (Å²) in [5.41, 5.74) is 6.58. The van der Waals surface area contributed by atoms with Crippen LogP contribution in [0.2, 0.25) is 0 Å². The third-order valence-corrected chi connectivity index (χ3v) is 7.02. The van der Waals surface area contributed by atoms with Crippen molar-refractivity contribution in [2.24, 2.45) is 5.73 Å². The molecular weight excluding hydrogens is 520 g/mol. The van der Waals surface area contributed by atoms with Gasteiger partial charge in [-0.1, -0.05) is 67.6 Å². The maximum absolute atomic E-state index is 13.7. The highest BCUT2D eigenvalue weighted by Gasteiger charge is 2.32. The first kappa shape index (κ1) is 30.0. The molecule has 1 aliphatic heterocycles. The zero-order valence-electron chi connectivity index (χ0n) is 24.0. The number of benzene rings is 2. The fourth-order valence-corrected chi connectivity index (χ4v) is 4.75. The van der Waals surface area contributed by atoms with Crippen LogP contribution in [0.5, 0.6) is 0 Å². The van der Waals surface area contributed by atoms with E-state index in [0.29, 0.717) is 12.2 Å². The first-order valence-electron chi connectivity index (χ1n) is 14.1. The molecule has 10 nitrogen and oxygen atoms in total. The van der Waals surface area contributed by atoms with Gasteiger partial charge < -0.3 is 30.6 Å². The Balaban J connectivity index is 1.56. The average molecular weight is 561 g/mol. The second kappa shape index (κ2) is 13.6. The monoisotopic (exact) mass is 560 g/mol. The van der Waals surface area contributed by atoms with Crippen LogP contribution in [0.15, 0.2) is 66.9 Å². The average Bonchev–Trinajstić information content (AvgIpc) is 3.64. The van der Waals surface area contributed by atoms with Crippen molar-refractivity contribution >= 4 is 23.5 Å². The highest BCUT2D eigenvalue weighted by Crippen LogP contribution is 2.27. The topological polar surface area (TPSA) is 132 Å². The molecule has 1 unspecified atom stereocenters. The molecule has 41 heavy (non-hydrogen) atoms. The predicted molar refractivity (Wildman–Crippen MR) is 157 cm³/mol. The highest BCUT2D eigenvalue weighted by atomic mass is 16.5. The molecule has 2 atom stereocenters. The molecule has 2 aromatic carbocycles. The molecule has 3 amide bonds. The molecule has 0 saturated carbocycles. The lowest BCUT2D eigenvalue weighted by atomic mass is 10.1. The lowest BCUT2D eigenvalue weighted by Crippen LogP contribution is -2.56. The molecular formula is C31H40N6O4. The Labute approximate surface area is 241 Å². The van der Waals surface area contributed by atoms with Crippen LogP contribution in [-0.2, 0) is 32.1 Å². The first-order valence-corrected chi connectivity index (χ1v) is 14.1. The third kappa shape index (κ3) is 7.80. The van der Waals surface area contributed by atoms with E-state index in [-0.39, 0.29) is 24.9 Å². The van der Waals surface area contributed by atoms with Gasteiger partial charge in [0.1, 0.15) is 17.9 Å². The largest absolute Gasteiger partial charge is 0.374 e. The van der Waals surface area contributed by atoms with Gasteiger partial charge in [-0.3, -0.25) is 14.4 Å². The van der Waals surface area contributed by atoms with Gasteiger partial charge in [0.05, 0.1) is 18.8 Å². The van der Waals surface area contributed by atoms with E-state index in [2.05, 4.69) is 15.6 Å². The SMILES string of the molecule is CCc1nc(NC(=O)[C@@H](COCc2ccccc2)NC(=O)C(C)(C)N)cn1C(C(=O)N1CCCC1)c1ccccc1. The molecule has 1 fully saturated rings. The van der Waals surface area contributed by atoms with Crippen molar-refractivity contribution < 1.29 is 19.1 Å². The van der Waals surface area contributed by atoms with Crippen LogP contribution in [0, 0.1) is 0 Å². The molecule has 218 valence electrons. The Morgan fingerprint density at radius 3 is 2.27 bits per heavy atom. The van der Waals surface area contributed by atoms with E-state index in [1.54, 1.807) is 20.0 Å². The minimum Gasteiger partial charge on any atom is -0.374 e. The van der Waals surface area contributed by atoms with Crippen molar-refractivity contribution in [2.45, 2.75) is 64.3 Å². The van der Waals surface area contributed by atoms with Crippen LogP contribution in [0.25, 0.3) is 0 Å². The summed E-state index contributed by atoms with van der Waals surface area (Å²) in [7, 11) is 0. The minimum absolute atomic E-state index is 0.00306. The van der Waals surface area contributed by atoms with Crippen molar-refractivity contribution in [1.82, 2.24) is 19.8 Å². The van der Waals surface area contributed by atoms with Crippen LogP contribution in [-0.4, -0.2) is 63.4 Å². The lowest BCUT2D eigenvalue weighted by molar-refractivity contribution is -0.132. The molecule has 0 aliphatic carbocycles. The molecule has 2 heterocycles. The molecule has 0 radical (unpaired) electrons. The molecule has 4 rings (SSSR count). The fourth-order valence-electron chi connectivity index (χ4n) is 4.75. The van der Waals surface area contributed by atoms with Crippen LogP contribution in [0.1, 0.15) is 56.6 Å². The molecule has 0 bridgehead atoms. The summed E-state index contributed by atoms with van der Waals surface area (Å²) in [6, 6.07) is 17.5. The number of rotatable bonds is 12. The van der Waals surface area contributed by atoms with Gasteiger partial charge in [0.25, 0.3) is 5.91 Å². The summed E-state index contributed by atoms with van der Waals surface area (Å²) in [4.78, 5) is 46.4. The predicted octanol–water partition coefficient (Wildman–Crippen LogP) is 3.03. The van der Waals surface area contributed by atoms with Crippen LogP contribution in [0.3, 0.4) is 0 Å². The molecule has 10 heteroatoms. The van der Waals surface area contributed by atoms with Gasteiger partial charge in [0, 0.05) is 25.7 Å².